The molecular formula is C8H18BO5. The van der Waals surface area contributed by atoms with Gasteiger partial charge in [0.1, 0.15) is 12.6 Å². The monoisotopic (exact) mass is 205 g/mol. The summed E-state index contributed by atoms with van der Waals surface area (Å²) in [6.45, 7) is 3.71. The Morgan fingerprint density at radius 3 is 1.57 bits per heavy atom. The van der Waals surface area contributed by atoms with Crippen molar-refractivity contribution in [1.29, 1.82) is 0 Å². The highest BCUT2D eigenvalue weighted by Crippen LogP contribution is 2.05. The van der Waals surface area contributed by atoms with Crippen molar-refractivity contribution >= 4 is 7.32 Å². The summed E-state index contributed by atoms with van der Waals surface area (Å²) in [6, 6.07) is 0. The zero-order valence-corrected chi connectivity index (χ0v) is 9.19. The molecule has 0 bridgehead atoms. The van der Waals surface area contributed by atoms with Crippen LogP contribution in [0.25, 0.3) is 0 Å². The van der Waals surface area contributed by atoms with Crippen molar-refractivity contribution in [2.75, 3.05) is 14.2 Å². The summed E-state index contributed by atoms with van der Waals surface area (Å²) < 4.78 is 19.6. The van der Waals surface area contributed by atoms with Gasteiger partial charge in [-0.1, -0.05) is 13.8 Å². The van der Waals surface area contributed by atoms with Gasteiger partial charge in [-0.05, 0) is 12.8 Å². The van der Waals surface area contributed by atoms with Gasteiger partial charge in [0.15, 0.2) is 0 Å². The molecule has 0 aliphatic heterocycles. The maximum Gasteiger partial charge on any atom is 0.670 e. The summed E-state index contributed by atoms with van der Waals surface area (Å²) in [5.74, 6) is 0. The van der Waals surface area contributed by atoms with E-state index < -0.39 is 19.9 Å². The zero-order chi connectivity index (χ0) is 11.0. The van der Waals surface area contributed by atoms with E-state index in [1.165, 1.54) is 14.2 Å². The molecule has 14 heavy (non-hydrogen) atoms. The average Bonchev–Trinajstić information content (AvgIpc) is 2.22. The molecule has 0 aromatic carbocycles. The number of hydrogen-bond donors (Lipinski definition) is 0. The minimum Gasteiger partial charge on any atom is -0.358 e. The van der Waals surface area contributed by atoms with Crippen molar-refractivity contribution in [3.63, 3.8) is 0 Å². The molecule has 5 nitrogen and oxygen atoms in total. The van der Waals surface area contributed by atoms with Crippen molar-refractivity contribution in [2.24, 2.45) is 0 Å². The van der Waals surface area contributed by atoms with Gasteiger partial charge in [0, 0.05) is 14.2 Å². The summed E-state index contributed by atoms with van der Waals surface area (Å²) in [6.07, 6.45) is 0.156. The van der Waals surface area contributed by atoms with Crippen LogP contribution in [-0.4, -0.2) is 34.1 Å². The lowest BCUT2D eigenvalue weighted by Gasteiger charge is -2.19. The third-order valence-electron chi connectivity index (χ3n) is 1.72. The van der Waals surface area contributed by atoms with Gasteiger partial charge in [-0.3, -0.25) is 0 Å². The Bertz CT molecular complexity index is 113. The van der Waals surface area contributed by atoms with E-state index in [2.05, 4.69) is 0 Å². The highest BCUT2D eigenvalue weighted by molar-refractivity contribution is 6.34. The summed E-state index contributed by atoms with van der Waals surface area (Å²) in [4.78, 5) is 0. The van der Waals surface area contributed by atoms with Crippen LogP contribution >= 0.6 is 0 Å². The van der Waals surface area contributed by atoms with E-state index >= 15 is 0 Å². The van der Waals surface area contributed by atoms with Crippen LogP contribution in [0.1, 0.15) is 26.7 Å². The molecular weight excluding hydrogens is 187 g/mol. The summed E-state index contributed by atoms with van der Waals surface area (Å²) in [7, 11) is 1.40. The molecule has 0 aromatic rings. The SMILES string of the molecule is CCC(OC)OB([O])OC(CC)OC. The highest BCUT2D eigenvalue weighted by atomic mass is 16.8. The van der Waals surface area contributed by atoms with Gasteiger partial charge in [0.05, 0.1) is 0 Å². The van der Waals surface area contributed by atoms with Crippen LogP contribution in [0, 0.1) is 0 Å². The van der Waals surface area contributed by atoms with Crippen LogP contribution < -0.4 is 0 Å². The van der Waals surface area contributed by atoms with E-state index in [0.29, 0.717) is 12.8 Å². The Balaban J connectivity index is 3.77. The standard InChI is InChI=1S/C8H18BO5/c1-5-7(11-3)13-9(10)14-8(6-2)12-4/h7-8H,5-6H2,1-4H3. The molecule has 2 unspecified atom stereocenters. The van der Waals surface area contributed by atoms with Gasteiger partial charge < -0.3 is 18.8 Å². The minimum absolute atomic E-state index is 0.521. The maximum atomic E-state index is 11.2. The Kier molecular flexibility index (Phi) is 8.12. The van der Waals surface area contributed by atoms with Gasteiger partial charge in [0.2, 0.25) is 0 Å². The highest BCUT2D eigenvalue weighted by Gasteiger charge is 2.26. The lowest BCUT2D eigenvalue weighted by atomic mass is 10.2. The Hall–Kier alpha value is -0.135. The van der Waals surface area contributed by atoms with Crippen LogP contribution in [0.15, 0.2) is 0 Å². The van der Waals surface area contributed by atoms with Crippen LogP contribution in [0.4, 0.5) is 0 Å². The van der Waals surface area contributed by atoms with Gasteiger partial charge in [-0.2, -0.15) is 0 Å². The lowest BCUT2D eigenvalue weighted by molar-refractivity contribution is -0.130. The van der Waals surface area contributed by atoms with E-state index in [0.717, 1.165) is 0 Å². The molecule has 6 heteroatoms. The molecule has 0 N–H and O–H groups in total. The quantitative estimate of drug-likeness (QED) is 0.441. The summed E-state index contributed by atoms with van der Waals surface area (Å²) >= 11 is 0. The normalized spacial score (nSPS) is 15.2. The number of hydrogen-bond acceptors (Lipinski definition) is 4. The first-order valence-electron chi connectivity index (χ1n) is 4.70. The largest absolute Gasteiger partial charge is 0.670 e. The Morgan fingerprint density at radius 1 is 1.00 bits per heavy atom. The van der Waals surface area contributed by atoms with Gasteiger partial charge in [0.25, 0.3) is 0 Å². The van der Waals surface area contributed by atoms with Crippen LogP contribution in [-0.2, 0) is 23.8 Å². The first kappa shape index (κ1) is 13.9. The molecule has 0 aliphatic rings. The fourth-order valence-corrected chi connectivity index (χ4v) is 0.917. The molecule has 0 saturated carbocycles. The topological polar surface area (TPSA) is 56.8 Å². The fourth-order valence-electron chi connectivity index (χ4n) is 0.917. The molecule has 0 amide bonds. The van der Waals surface area contributed by atoms with E-state index in [4.69, 9.17) is 18.8 Å². The molecule has 83 valence electrons. The van der Waals surface area contributed by atoms with E-state index in [1.54, 1.807) is 0 Å². The predicted octanol–water partition coefficient (Wildman–Crippen LogP) is 1.20. The Labute approximate surface area is 85.5 Å². The van der Waals surface area contributed by atoms with Crippen LogP contribution in [0.5, 0.6) is 0 Å². The third-order valence-corrected chi connectivity index (χ3v) is 1.72. The molecule has 0 saturated heterocycles. The Morgan fingerprint density at radius 2 is 1.36 bits per heavy atom. The number of rotatable bonds is 8. The van der Waals surface area contributed by atoms with Gasteiger partial charge in [-0.25, -0.2) is 5.02 Å². The van der Waals surface area contributed by atoms with Crippen molar-refractivity contribution in [1.82, 2.24) is 0 Å². The molecule has 0 aromatic heterocycles. The number of ether oxygens (including phenoxy) is 2. The average molecular weight is 205 g/mol. The fraction of sp³-hybridized carbons (Fsp3) is 1.00. The maximum absolute atomic E-state index is 11.2. The molecule has 1 radical (unpaired) electrons. The van der Waals surface area contributed by atoms with Gasteiger partial charge in [-0.15, -0.1) is 0 Å². The summed E-state index contributed by atoms with van der Waals surface area (Å²) in [5.41, 5.74) is 0. The first-order chi connectivity index (χ1) is 6.67. The second-order valence-electron chi connectivity index (χ2n) is 2.71. The third kappa shape index (κ3) is 5.56. The molecule has 0 rings (SSSR count). The van der Waals surface area contributed by atoms with Crippen LogP contribution in [0.2, 0.25) is 0 Å². The van der Waals surface area contributed by atoms with E-state index in [-0.39, 0.29) is 0 Å². The smallest absolute Gasteiger partial charge is 0.358 e. The summed E-state index contributed by atoms with van der Waals surface area (Å²) in [5, 5.41) is 11.2. The second-order valence-corrected chi connectivity index (χ2v) is 2.71. The molecule has 0 aliphatic carbocycles. The molecule has 2 atom stereocenters. The second kappa shape index (κ2) is 8.20. The lowest BCUT2D eigenvalue weighted by Crippen LogP contribution is -2.33. The van der Waals surface area contributed by atoms with E-state index in [9.17, 15) is 5.02 Å². The minimum atomic E-state index is -1.57. The molecule has 0 fully saturated rings. The van der Waals surface area contributed by atoms with Crippen molar-refractivity contribution in [2.45, 2.75) is 39.3 Å². The van der Waals surface area contributed by atoms with Crippen molar-refractivity contribution < 1.29 is 23.8 Å². The van der Waals surface area contributed by atoms with Crippen molar-refractivity contribution in [3.05, 3.63) is 0 Å². The molecule has 0 heterocycles. The molecule has 0 spiro atoms. The van der Waals surface area contributed by atoms with E-state index in [1.807, 2.05) is 13.8 Å². The number of methoxy groups -OCH3 is 2. The van der Waals surface area contributed by atoms with Gasteiger partial charge >= 0.3 is 7.32 Å². The zero-order valence-electron chi connectivity index (χ0n) is 9.19. The van der Waals surface area contributed by atoms with Crippen LogP contribution in [0.3, 0.4) is 0 Å². The predicted molar refractivity (Wildman–Crippen MR) is 50.8 cm³/mol. The first-order valence-corrected chi connectivity index (χ1v) is 4.70. The van der Waals surface area contributed by atoms with Crippen molar-refractivity contribution in [3.8, 4) is 0 Å².